The van der Waals surface area contributed by atoms with Gasteiger partial charge in [-0.15, -0.1) is 0 Å². The van der Waals surface area contributed by atoms with E-state index in [1.54, 1.807) is 0 Å². The third kappa shape index (κ3) is 1.85. The van der Waals surface area contributed by atoms with Crippen molar-refractivity contribution >= 4 is 33.5 Å². The molecule has 6 rings (SSSR count). The maximum atomic E-state index is 2.68. The number of fused-ring (bicyclic) bond motifs is 1. The summed E-state index contributed by atoms with van der Waals surface area (Å²) in [5, 5.41) is 1.39. The van der Waals surface area contributed by atoms with Crippen molar-refractivity contribution in [2.75, 3.05) is 4.43 Å². The number of para-hydroxylation sites is 1. The molecule has 1 aromatic heterocycles. The predicted octanol–water partition coefficient (Wildman–Crippen LogP) is 4.86. The Labute approximate surface area is 146 Å². The summed E-state index contributed by atoms with van der Waals surface area (Å²) in [6, 6.07) is 13.5. The van der Waals surface area contributed by atoms with Gasteiger partial charge in [0, 0.05) is 41.2 Å². The third-order valence-electron chi connectivity index (χ3n) is 6.65. The summed E-state index contributed by atoms with van der Waals surface area (Å²) in [6.45, 7) is 0. The summed E-state index contributed by atoms with van der Waals surface area (Å²) in [5.74, 6) is 1.95. The predicted molar refractivity (Wildman–Crippen MR) is 98.1 cm³/mol. The summed E-state index contributed by atoms with van der Waals surface area (Å²) >= 11 is 2.67. The van der Waals surface area contributed by atoms with Crippen LogP contribution in [0.5, 0.6) is 0 Å². The molecule has 2 unspecified atom stereocenters. The zero-order valence-corrected chi connectivity index (χ0v) is 15.1. The lowest BCUT2D eigenvalue weighted by Gasteiger charge is -2.58. The van der Waals surface area contributed by atoms with Gasteiger partial charge in [-0.3, -0.25) is 0 Å². The van der Waals surface area contributed by atoms with Gasteiger partial charge in [-0.1, -0.05) is 34.7 Å². The van der Waals surface area contributed by atoms with E-state index in [2.05, 4.69) is 69.8 Å². The van der Waals surface area contributed by atoms with Gasteiger partial charge in [0.1, 0.15) is 0 Å². The second-order valence-corrected chi connectivity index (χ2v) is 9.02. The number of aromatic nitrogens is 1. The van der Waals surface area contributed by atoms with Crippen LogP contribution in [0.1, 0.15) is 38.5 Å². The molecule has 2 aromatic rings. The highest BCUT2D eigenvalue weighted by Crippen LogP contribution is 2.63. The second-order valence-electron chi connectivity index (χ2n) is 8.26. The summed E-state index contributed by atoms with van der Waals surface area (Å²) in [5.41, 5.74) is 2.47. The van der Waals surface area contributed by atoms with E-state index in [0.29, 0.717) is 11.0 Å². The van der Waals surface area contributed by atoms with Crippen molar-refractivity contribution in [2.24, 2.45) is 17.3 Å². The van der Waals surface area contributed by atoms with Gasteiger partial charge in [-0.05, 0) is 48.6 Å². The molecule has 4 bridgehead atoms. The Balaban J connectivity index is 1.70. The molecule has 0 radical (unpaired) electrons. The standard InChI is InChI=1S/C20H23IN/c21-14-19-9-15-8-16(10-19)12-20(11-15,13-19)22-7-3-5-17-4-1-2-6-18(17)22/h1-7,15-16H,8-14H2/q+1. The van der Waals surface area contributed by atoms with E-state index in [1.165, 1.54) is 53.9 Å². The molecule has 4 saturated carbocycles. The smallest absolute Gasteiger partial charge is 0.193 e. The average Bonchev–Trinajstić information content (AvgIpc) is 2.53. The average molecular weight is 404 g/mol. The molecule has 1 aromatic carbocycles. The van der Waals surface area contributed by atoms with Gasteiger partial charge in [0.15, 0.2) is 11.7 Å². The molecule has 2 heteroatoms. The summed E-state index contributed by atoms with van der Waals surface area (Å²) in [6.07, 6.45) is 11.1. The fourth-order valence-corrected chi connectivity index (χ4v) is 7.31. The van der Waals surface area contributed by atoms with Crippen LogP contribution in [0.4, 0.5) is 0 Å². The Hall–Kier alpha value is -0.640. The van der Waals surface area contributed by atoms with E-state index < -0.39 is 0 Å². The molecule has 4 aliphatic carbocycles. The topological polar surface area (TPSA) is 3.88 Å². The van der Waals surface area contributed by atoms with Crippen LogP contribution in [-0.2, 0) is 5.54 Å². The van der Waals surface area contributed by atoms with Crippen molar-refractivity contribution in [3.05, 3.63) is 42.6 Å². The Morgan fingerprint density at radius 2 is 1.73 bits per heavy atom. The van der Waals surface area contributed by atoms with E-state index in [9.17, 15) is 0 Å². The number of halogens is 1. The lowest BCUT2D eigenvalue weighted by molar-refractivity contribution is -0.756. The van der Waals surface area contributed by atoms with E-state index in [4.69, 9.17) is 0 Å². The van der Waals surface area contributed by atoms with Crippen molar-refractivity contribution in [1.29, 1.82) is 0 Å². The third-order valence-corrected chi connectivity index (χ3v) is 8.27. The van der Waals surface area contributed by atoms with Crippen LogP contribution >= 0.6 is 22.6 Å². The molecule has 22 heavy (non-hydrogen) atoms. The molecule has 1 heterocycles. The lowest BCUT2D eigenvalue weighted by Crippen LogP contribution is -2.67. The fraction of sp³-hybridized carbons (Fsp3) is 0.550. The first-order valence-corrected chi connectivity index (χ1v) is 10.2. The Kier molecular flexibility index (Phi) is 2.93. The second kappa shape index (κ2) is 4.68. The van der Waals surface area contributed by atoms with Gasteiger partial charge in [0.05, 0.1) is 0 Å². The molecule has 114 valence electrons. The Morgan fingerprint density at radius 1 is 1.00 bits per heavy atom. The molecule has 4 fully saturated rings. The number of nitrogens with zero attached hydrogens (tertiary/aromatic N) is 1. The first kappa shape index (κ1) is 13.8. The molecule has 0 spiro atoms. The molecule has 0 amide bonds. The van der Waals surface area contributed by atoms with Crippen molar-refractivity contribution in [1.82, 2.24) is 0 Å². The largest absolute Gasteiger partial charge is 0.212 e. The van der Waals surface area contributed by atoms with Gasteiger partial charge in [0.25, 0.3) is 0 Å². The number of alkyl halides is 1. The van der Waals surface area contributed by atoms with Crippen LogP contribution in [0.2, 0.25) is 0 Å². The van der Waals surface area contributed by atoms with Crippen LogP contribution < -0.4 is 4.57 Å². The van der Waals surface area contributed by atoms with E-state index >= 15 is 0 Å². The normalized spacial score (nSPS) is 39.5. The van der Waals surface area contributed by atoms with E-state index in [1.807, 2.05) is 0 Å². The minimum atomic E-state index is 0.399. The number of rotatable bonds is 2. The Bertz CT molecular complexity index is 718. The zero-order chi connectivity index (χ0) is 14.8. The number of hydrogen-bond donors (Lipinski definition) is 0. The highest BCUT2D eigenvalue weighted by molar-refractivity contribution is 14.1. The van der Waals surface area contributed by atoms with Gasteiger partial charge in [-0.2, -0.15) is 4.57 Å². The number of pyridine rings is 1. The molecule has 2 atom stereocenters. The Morgan fingerprint density at radius 3 is 2.50 bits per heavy atom. The monoisotopic (exact) mass is 404 g/mol. The molecule has 0 N–H and O–H groups in total. The van der Waals surface area contributed by atoms with Crippen molar-refractivity contribution in [3.63, 3.8) is 0 Å². The molecule has 0 saturated heterocycles. The first-order chi connectivity index (χ1) is 10.7. The summed E-state index contributed by atoms with van der Waals surface area (Å²) < 4.78 is 4.03. The quantitative estimate of drug-likeness (QED) is 0.383. The maximum absolute atomic E-state index is 2.68. The van der Waals surface area contributed by atoms with Crippen LogP contribution in [0.25, 0.3) is 10.9 Å². The lowest BCUT2D eigenvalue weighted by atomic mass is 9.47. The van der Waals surface area contributed by atoms with Crippen molar-refractivity contribution < 1.29 is 4.57 Å². The molecular formula is C20H23IN+. The minimum absolute atomic E-state index is 0.399. The van der Waals surface area contributed by atoms with Gasteiger partial charge in [-0.25, -0.2) is 0 Å². The highest BCUT2D eigenvalue weighted by Gasteiger charge is 2.62. The van der Waals surface area contributed by atoms with E-state index in [-0.39, 0.29) is 0 Å². The fourth-order valence-electron chi connectivity index (χ4n) is 6.41. The number of benzene rings is 1. The van der Waals surface area contributed by atoms with Gasteiger partial charge in [0.2, 0.25) is 5.52 Å². The number of hydrogen-bond acceptors (Lipinski definition) is 0. The maximum Gasteiger partial charge on any atom is 0.212 e. The van der Waals surface area contributed by atoms with Crippen LogP contribution in [0.15, 0.2) is 42.6 Å². The first-order valence-electron chi connectivity index (χ1n) is 8.68. The summed E-state index contributed by atoms with van der Waals surface area (Å²) in [4.78, 5) is 0. The molecule has 4 aliphatic rings. The highest BCUT2D eigenvalue weighted by atomic mass is 127. The van der Waals surface area contributed by atoms with Crippen molar-refractivity contribution in [3.8, 4) is 0 Å². The summed E-state index contributed by atoms with van der Waals surface area (Å²) in [7, 11) is 0. The zero-order valence-electron chi connectivity index (χ0n) is 13.0. The van der Waals surface area contributed by atoms with E-state index in [0.717, 1.165) is 11.8 Å². The minimum Gasteiger partial charge on any atom is -0.193 e. The van der Waals surface area contributed by atoms with Gasteiger partial charge < -0.3 is 0 Å². The molecular weight excluding hydrogens is 381 g/mol. The SMILES string of the molecule is ICC12CC3CC(C1)CC([n+]1cccc4ccccc41)(C3)C2. The molecule has 1 nitrogen and oxygen atoms in total. The van der Waals surface area contributed by atoms with Gasteiger partial charge >= 0.3 is 0 Å². The van der Waals surface area contributed by atoms with Crippen LogP contribution in [0, 0.1) is 17.3 Å². The van der Waals surface area contributed by atoms with Crippen LogP contribution in [0.3, 0.4) is 0 Å². The van der Waals surface area contributed by atoms with Crippen LogP contribution in [-0.4, -0.2) is 4.43 Å². The molecule has 0 aliphatic heterocycles. The van der Waals surface area contributed by atoms with Crippen molar-refractivity contribution in [2.45, 2.75) is 44.1 Å².